The third kappa shape index (κ3) is 6.54. The molecule has 1 saturated heterocycles. The van der Waals surface area contributed by atoms with Crippen molar-refractivity contribution >= 4 is 33.2 Å². The summed E-state index contributed by atoms with van der Waals surface area (Å²) in [4.78, 5) is 17.5. The Morgan fingerprint density at radius 2 is 1.62 bits per heavy atom. The van der Waals surface area contributed by atoms with E-state index >= 15 is 0 Å². The monoisotopic (exact) mass is 543 g/mol. The molecule has 0 aromatic heterocycles. The first-order valence-corrected chi connectivity index (χ1v) is 13.7. The summed E-state index contributed by atoms with van der Waals surface area (Å²) in [7, 11) is -0.948. The lowest BCUT2D eigenvalue weighted by molar-refractivity contribution is -0.133. The zero-order chi connectivity index (χ0) is 26.4. The summed E-state index contributed by atoms with van der Waals surface area (Å²) in [6.45, 7) is 2.23. The van der Waals surface area contributed by atoms with Crippen molar-refractivity contribution in [3.8, 4) is 11.5 Å². The van der Waals surface area contributed by atoms with Crippen LogP contribution in [-0.2, 0) is 21.2 Å². The summed E-state index contributed by atoms with van der Waals surface area (Å²) >= 11 is 6.16. The first-order chi connectivity index (χ1) is 17.8. The van der Waals surface area contributed by atoms with Crippen LogP contribution >= 0.6 is 11.6 Å². The normalized spacial score (nSPS) is 14.8. The molecule has 0 unspecified atom stereocenters. The minimum Gasteiger partial charge on any atom is -0.497 e. The molecular formula is C27H30ClN3O5S. The summed E-state index contributed by atoms with van der Waals surface area (Å²) in [6.07, 6.45) is 0.224. The van der Waals surface area contributed by atoms with Gasteiger partial charge in [0, 0.05) is 31.9 Å². The molecule has 1 aliphatic heterocycles. The van der Waals surface area contributed by atoms with Gasteiger partial charge < -0.3 is 19.3 Å². The van der Waals surface area contributed by atoms with Crippen LogP contribution in [0.15, 0.2) is 77.7 Å². The first-order valence-electron chi connectivity index (χ1n) is 11.9. The van der Waals surface area contributed by atoms with Gasteiger partial charge in [-0.05, 0) is 54.4 Å². The van der Waals surface area contributed by atoms with Crippen LogP contribution in [0.5, 0.6) is 11.5 Å². The van der Waals surface area contributed by atoms with Crippen molar-refractivity contribution < 1.29 is 22.7 Å². The molecule has 1 heterocycles. The van der Waals surface area contributed by atoms with Crippen LogP contribution in [0.4, 0.5) is 5.69 Å². The van der Waals surface area contributed by atoms with Gasteiger partial charge in [0.25, 0.3) is 0 Å². The second-order valence-corrected chi connectivity index (χ2v) is 10.8. The number of carbonyl (C=O) groups is 1. The van der Waals surface area contributed by atoms with Gasteiger partial charge >= 0.3 is 0 Å². The molecule has 3 aromatic rings. The van der Waals surface area contributed by atoms with Gasteiger partial charge in [-0.2, -0.15) is 4.72 Å². The van der Waals surface area contributed by atoms with Gasteiger partial charge in [0.1, 0.15) is 17.5 Å². The number of amides is 1. The highest BCUT2D eigenvalue weighted by Gasteiger charge is 2.31. The van der Waals surface area contributed by atoms with Gasteiger partial charge in [-0.25, -0.2) is 8.42 Å². The number of sulfonamides is 1. The second kappa shape index (κ2) is 11.9. The van der Waals surface area contributed by atoms with Crippen LogP contribution in [0.2, 0.25) is 5.02 Å². The minimum absolute atomic E-state index is 0.0338. The summed E-state index contributed by atoms with van der Waals surface area (Å²) in [5.41, 5.74) is 1.90. The third-order valence-electron chi connectivity index (χ3n) is 6.34. The topological polar surface area (TPSA) is 88.2 Å². The van der Waals surface area contributed by atoms with E-state index in [1.165, 1.54) is 25.3 Å². The lowest BCUT2D eigenvalue weighted by Crippen LogP contribution is -2.55. The van der Waals surface area contributed by atoms with Crippen LogP contribution in [0.25, 0.3) is 0 Å². The van der Waals surface area contributed by atoms with Crippen molar-refractivity contribution in [1.82, 2.24) is 9.62 Å². The number of piperazine rings is 1. The fraction of sp³-hybridized carbons (Fsp3) is 0.296. The summed E-state index contributed by atoms with van der Waals surface area (Å²) < 4.78 is 39.5. The summed E-state index contributed by atoms with van der Waals surface area (Å²) in [6, 6.07) is 20.4. The van der Waals surface area contributed by atoms with Gasteiger partial charge in [0.05, 0.1) is 24.1 Å². The van der Waals surface area contributed by atoms with E-state index in [-0.39, 0.29) is 22.2 Å². The van der Waals surface area contributed by atoms with Crippen LogP contribution < -0.4 is 19.1 Å². The summed E-state index contributed by atoms with van der Waals surface area (Å²) in [5, 5.41) is 0.172. The summed E-state index contributed by atoms with van der Waals surface area (Å²) in [5.74, 6) is 0.889. The molecule has 196 valence electrons. The Balaban J connectivity index is 1.50. The molecular weight excluding hydrogens is 514 g/mol. The molecule has 0 bridgehead atoms. The van der Waals surface area contributed by atoms with E-state index in [2.05, 4.69) is 9.62 Å². The van der Waals surface area contributed by atoms with Gasteiger partial charge in [0.2, 0.25) is 15.9 Å². The number of halogens is 1. The molecule has 1 N–H and O–H groups in total. The van der Waals surface area contributed by atoms with Crippen molar-refractivity contribution in [2.45, 2.75) is 17.4 Å². The molecule has 1 atom stereocenters. The number of anilines is 1. The molecule has 0 radical (unpaired) electrons. The first kappa shape index (κ1) is 26.8. The zero-order valence-corrected chi connectivity index (χ0v) is 22.3. The number of rotatable bonds is 9. The van der Waals surface area contributed by atoms with E-state index in [1.54, 1.807) is 12.0 Å². The number of hydrogen-bond acceptors (Lipinski definition) is 6. The Morgan fingerprint density at radius 1 is 0.946 bits per heavy atom. The Labute approximate surface area is 222 Å². The average molecular weight is 544 g/mol. The Bertz CT molecular complexity index is 1310. The number of nitrogens with zero attached hydrogens (tertiary/aromatic N) is 2. The average Bonchev–Trinajstić information content (AvgIpc) is 2.93. The molecule has 37 heavy (non-hydrogen) atoms. The molecule has 0 saturated carbocycles. The number of nitrogens with one attached hydrogen (secondary N) is 1. The van der Waals surface area contributed by atoms with E-state index in [4.69, 9.17) is 21.1 Å². The predicted octanol–water partition coefficient (Wildman–Crippen LogP) is 3.60. The zero-order valence-electron chi connectivity index (χ0n) is 20.8. The molecule has 4 rings (SSSR count). The third-order valence-corrected chi connectivity index (χ3v) is 8.11. The fourth-order valence-corrected chi connectivity index (χ4v) is 5.83. The molecule has 1 fully saturated rings. The van der Waals surface area contributed by atoms with E-state index in [9.17, 15) is 13.2 Å². The molecule has 10 heteroatoms. The maximum Gasteiger partial charge on any atom is 0.241 e. The predicted molar refractivity (Wildman–Crippen MR) is 144 cm³/mol. The highest BCUT2D eigenvalue weighted by atomic mass is 35.5. The van der Waals surface area contributed by atoms with Crippen LogP contribution in [0.3, 0.4) is 0 Å². The fourth-order valence-electron chi connectivity index (χ4n) is 4.30. The van der Waals surface area contributed by atoms with Gasteiger partial charge in [0.15, 0.2) is 0 Å². The van der Waals surface area contributed by atoms with Gasteiger partial charge in [-0.15, -0.1) is 0 Å². The highest BCUT2D eigenvalue weighted by Crippen LogP contribution is 2.27. The van der Waals surface area contributed by atoms with Gasteiger partial charge in [-0.3, -0.25) is 4.79 Å². The number of ether oxygens (including phenoxy) is 2. The van der Waals surface area contributed by atoms with E-state index in [1.807, 2.05) is 54.6 Å². The maximum absolute atomic E-state index is 13.6. The lowest BCUT2D eigenvalue weighted by atomic mass is 10.1. The van der Waals surface area contributed by atoms with Crippen LogP contribution in [0.1, 0.15) is 5.56 Å². The Kier molecular flexibility index (Phi) is 8.58. The Morgan fingerprint density at radius 3 is 2.22 bits per heavy atom. The molecule has 8 nitrogen and oxygen atoms in total. The Hall–Kier alpha value is -3.27. The van der Waals surface area contributed by atoms with Crippen molar-refractivity contribution in [2.24, 2.45) is 0 Å². The second-order valence-electron chi connectivity index (χ2n) is 8.67. The lowest BCUT2D eigenvalue weighted by Gasteiger charge is -2.37. The smallest absolute Gasteiger partial charge is 0.241 e. The number of benzene rings is 3. The van der Waals surface area contributed by atoms with Crippen LogP contribution in [-0.4, -0.2) is 65.7 Å². The highest BCUT2D eigenvalue weighted by molar-refractivity contribution is 7.89. The number of hydrogen-bond donors (Lipinski definition) is 1. The van der Waals surface area contributed by atoms with E-state index in [0.717, 1.165) is 17.0 Å². The molecule has 1 amide bonds. The van der Waals surface area contributed by atoms with Crippen molar-refractivity contribution in [2.75, 3.05) is 45.3 Å². The number of methoxy groups -OCH3 is 2. The molecule has 3 aromatic carbocycles. The number of carbonyl (C=O) groups excluding carboxylic acids is 1. The van der Waals surface area contributed by atoms with E-state index < -0.39 is 16.1 Å². The molecule has 1 aliphatic rings. The van der Waals surface area contributed by atoms with Crippen LogP contribution in [0, 0.1) is 0 Å². The van der Waals surface area contributed by atoms with E-state index in [0.29, 0.717) is 31.9 Å². The largest absolute Gasteiger partial charge is 0.497 e. The molecule has 0 spiro atoms. The minimum atomic E-state index is -4.03. The molecule has 0 aliphatic carbocycles. The van der Waals surface area contributed by atoms with Crippen molar-refractivity contribution in [3.63, 3.8) is 0 Å². The van der Waals surface area contributed by atoms with Gasteiger partial charge in [-0.1, -0.05) is 41.9 Å². The quantitative estimate of drug-likeness (QED) is 0.444. The maximum atomic E-state index is 13.6. The standard InChI is InChI=1S/C27H30ClN3O5S/c1-35-22-10-8-21(9-11-22)30-14-16-31(17-15-30)27(32)25(18-20-6-4-3-5-7-20)29-37(33,34)23-12-13-26(36-2)24(28)19-23/h3-13,19,25,29H,14-18H2,1-2H3/t25-/m0/s1. The van der Waals surface area contributed by atoms with Crippen molar-refractivity contribution in [3.05, 3.63) is 83.4 Å². The van der Waals surface area contributed by atoms with Crippen molar-refractivity contribution in [1.29, 1.82) is 0 Å². The SMILES string of the molecule is COc1ccc(N2CCN(C(=O)[C@H](Cc3ccccc3)NS(=O)(=O)c3ccc(OC)c(Cl)c3)CC2)cc1.